The Morgan fingerprint density at radius 2 is 1.80 bits per heavy atom. The maximum absolute atomic E-state index is 14.8. The van der Waals surface area contributed by atoms with Crippen LogP contribution in [0.25, 0.3) is 5.69 Å². The number of anilines is 3. The van der Waals surface area contributed by atoms with Gasteiger partial charge in [-0.15, -0.1) is 4.48 Å². The number of halogens is 3. The number of ether oxygens (including phenoxy) is 1. The zero-order valence-electron chi connectivity index (χ0n) is 25.7. The first kappa shape index (κ1) is 34.4. The third kappa shape index (κ3) is 7.19. The minimum absolute atomic E-state index is 0.178. The minimum atomic E-state index is -2.21. The summed E-state index contributed by atoms with van der Waals surface area (Å²) in [6, 6.07) is 2.49. The first-order chi connectivity index (χ1) is 20.8. The predicted molar refractivity (Wildman–Crippen MR) is 165 cm³/mol. The second kappa shape index (κ2) is 12.4. The first-order valence-electron chi connectivity index (χ1n) is 14.1. The van der Waals surface area contributed by atoms with Crippen LogP contribution < -0.4 is 21.3 Å². The number of rotatable bonds is 7. The van der Waals surface area contributed by atoms with Gasteiger partial charge in [0, 0.05) is 24.7 Å². The van der Waals surface area contributed by atoms with Gasteiger partial charge in [-0.05, 0) is 69.9 Å². The fourth-order valence-electron chi connectivity index (χ4n) is 5.48. The van der Waals surface area contributed by atoms with E-state index in [1.165, 1.54) is 46.6 Å². The number of aromatic nitrogens is 6. The molecule has 1 atom stereocenters. The molecule has 12 nitrogen and oxygen atoms in total. The molecule has 2 aliphatic rings. The van der Waals surface area contributed by atoms with E-state index in [-0.39, 0.29) is 28.6 Å². The van der Waals surface area contributed by atoms with E-state index in [0.717, 1.165) is 33.5 Å². The van der Waals surface area contributed by atoms with Crippen LogP contribution in [-0.2, 0) is 7.05 Å². The summed E-state index contributed by atoms with van der Waals surface area (Å²) in [6.45, 7) is 7.05. The number of piperidine rings is 1. The van der Waals surface area contributed by atoms with E-state index in [4.69, 9.17) is 36.1 Å². The van der Waals surface area contributed by atoms with Crippen LogP contribution in [-0.4, -0.2) is 99.1 Å². The summed E-state index contributed by atoms with van der Waals surface area (Å²) in [5, 5.41) is 17.0. The van der Waals surface area contributed by atoms with Gasteiger partial charge in [-0.25, -0.2) is 24.1 Å². The fourth-order valence-corrected chi connectivity index (χ4v) is 5.48. The van der Waals surface area contributed by atoms with Crippen LogP contribution in [0.3, 0.4) is 0 Å². The Labute approximate surface area is 264 Å². The molecule has 5 rings (SSSR count). The van der Waals surface area contributed by atoms with Crippen LogP contribution in [0.15, 0.2) is 23.1 Å². The van der Waals surface area contributed by atoms with Gasteiger partial charge in [-0.2, -0.15) is 14.3 Å². The number of aliphatic hydroxyl groups is 1. The third-order valence-electron chi connectivity index (χ3n) is 7.98. The van der Waals surface area contributed by atoms with E-state index in [2.05, 4.69) is 44.5 Å². The molecule has 45 heavy (non-hydrogen) atoms. The van der Waals surface area contributed by atoms with Crippen molar-refractivity contribution in [2.75, 3.05) is 10.9 Å². The van der Waals surface area contributed by atoms with Gasteiger partial charge in [-0.1, -0.05) is 11.8 Å². The van der Waals surface area contributed by atoms with Crippen molar-refractivity contribution in [2.45, 2.75) is 87.7 Å². The van der Waals surface area contributed by atoms with E-state index in [0.29, 0.717) is 12.2 Å². The van der Waals surface area contributed by atoms with Crippen molar-refractivity contribution in [2.24, 2.45) is 7.05 Å². The third-order valence-corrected chi connectivity index (χ3v) is 7.98. The Bertz CT molecular complexity index is 1600. The number of tetrazole rings is 1. The van der Waals surface area contributed by atoms with E-state index >= 15 is 0 Å². The molecular weight excluding hydrogens is 587 g/mol. The summed E-state index contributed by atoms with van der Waals surface area (Å²) < 4.78 is 47.9. The first-order valence-corrected chi connectivity index (χ1v) is 14.1. The van der Waals surface area contributed by atoms with Gasteiger partial charge in [-0.3, -0.25) is 0 Å². The number of hydrogen-bond donors (Lipinski definition) is 3. The molecule has 2 aliphatic heterocycles. The van der Waals surface area contributed by atoms with Gasteiger partial charge in [0.05, 0.1) is 38.6 Å². The Kier molecular flexibility index (Phi) is 9.47. The normalized spacial score (nSPS) is 19.3. The molecule has 0 bridgehead atoms. The predicted octanol–water partition coefficient (Wildman–Crippen LogP) is 1.62. The zero-order valence-corrected chi connectivity index (χ0v) is 25.7. The van der Waals surface area contributed by atoms with Crippen molar-refractivity contribution in [1.82, 2.24) is 34.7 Å². The number of hydrogen-bond acceptors (Lipinski definition) is 10. The Hall–Kier alpha value is -3.46. The molecule has 4 heterocycles. The smallest absolute Gasteiger partial charge is 0.368 e. The molecule has 0 saturated carbocycles. The van der Waals surface area contributed by atoms with Crippen LogP contribution in [0.2, 0.25) is 0 Å². The largest absolute Gasteiger partial charge is 0.502 e. The zero-order chi connectivity index (χ0) is 33.5. The number of benzene rings is 1. The number of nitrogens with one attached hydrogen (secondary N) is 2. The summed E-state index contributed by atoms with van der Waals surface area (Å²) in [5.74, 6) is -3.58. The number of fused-ring (bicyclic) bond motifs is 1. The van der Waals surface area contributed by atoms with Crippen molar-refractivity contribution in [3.63, 3.8) is 0 Å². The van der Waals surface area contributed by atoms with Crippen LogP contribution in [0.5, 0.6) is 5.75 Å². The van der Waals surface area contributed by atoms with Crippen LogP contribution >= 0.6 is 0 Å². The van der Waals surface area contributed by atoms with Gasteiger partial charge >= 0.3 is 5.69 Å². The fraction of sp³-hybridized carbons (Fsp3) is 0.577. The Balaban J connectivity index is 0.000000293. The van der Waals surface area contributed by atoms with E-state index in [1.807, 2.05) is 0 Å². The molecular formula is C26H32B4F3N9O3. The molecule has 2 saturated heterocycles. The quantitative estimate of drug-likeness (QED) is 0.265. The van der Waals surface area contributed by atoms with Crippen molar-refractivity contribution in [1.29, 1.82) is 0 Å². The molecule has 1 aromatic carbocycles. The second-order valence-corrected chi connectivity index (χ2v) is 12.4. The number of nitrogens with zero attached hydrogens (tertiary/aromatic N) is 7. The van der Waals surface area contributed by atoms with Gasteiger partial charge in [0.25, 0.3) is 0 Å². The highest BCUT2D eigenvalue weighted by Crippen LogP contribution is 2.43. The summed E-state index contributed by atoms with van der Waals surface area (Å²) in [7, 11) is 25.2. The standard InChI is InChI=1S/C16H15B2F3N8O3.C10H17B2N/c1-15(2,31)16(17,18)32-11-4-7(19)9(5-10(11)29-14(30)28(3)26-27-29)23-13-22-6-8(20)12(24-13)25-21;1-9(2)6-3-4-8-5-7-10(11,12)13(8)9/h4-6,31H,1-3H3,(H2,22,23,24,25);8H,3-7H2,1-2H3. The maximum atomic E-state index is 14.8. The molecule has 0 amide bonds. The van der Waals surface area contributed by atoms with Crippen molar-refractivity contribution >= 4 is 48.8 Å². The molecule has 0 aliphatic carbocycles. The maximum Gasteiger partial charge on any atom is 0.368 e. The van der Waals surface area contributed by atoms with Gasteiger partial charge < -0.3 is 20.1 Å². The monoisotopic (exact) mass is 619 g/mol. The average molecular weight is 619 g/mol. The lowest BCUT2D eigenvalue weighted by Crippen LogP contribution is -2.60. The summed E-state index contributed by atoms with van der Waals surface area (Å²) in [4.78, 5) is 21.8. The lowest BCUT2D eigenvalue weighted by Gasteiger charge is -2.51. The van der Waals surface area contributed by atoms with Gasteiger partial charge in [0.2, 0.25) is 5.95 Å². The highest BCUT2D eigenvalue weighted by atomic mass is 19.2. The molecule has 3 N–H and O–H groups in total. The summed E-state index contributed by atoms with van der Waals surface area (Å²) >= 11 is 0. The molecule has 8 radical (unpaired) electrons. The van der Waals surface area contributed by atoms with Gasteiger partial charge in [0.1, 0.15) is 27.1 Å². The lowest BCUT2D eigenvalue weighted by atomic mass is 9.56. The summed E-state index contributed by atoms with van der Waals surface area (Å²) in [6.07, 6.45) is 6.60. The van der Waals surface area contributed by atoms with E-state index in [1.54, 1.807) is 0 Å². The van der Waals surface area contributed by atoms with Crippen molar-refractivity contribution in [3.8, 4) is 11.4 Å². The topological polar surface area (TPSA) is 135 Å². The van der Waals surface area contributed by atoms with E-state index < -0.39 is 39.5 Å². The van der Waals surface area contributed by atoms with E-state index in [9.17, 15) is 23.2 Å². The highest BCUT2D eigenvalue weighted by molar-refractivity contribution is 6.40. The van der Waals surface area contributed by atoms with Crippen molar-refractivity contribution in [3.05, 3.63) is 40.4 Å². The van der Waals surface area contributed by atoms with Crippen molar-refractivity contribution < 1.29 is 23.1 Å². The average Bonchev–Trinajstić information content (AvgIpc) is 3.44. The molecule has 19 heteroatoms. The van der Waals surface area contributed by atoms with Crippen LogP contribution in [0.1, 0.15) is 59.8 Å². The molecule has 2 aromatic heterocycles. The van der Waals surface area contributed by atoms with Crippen LogP contribution in [0, 0.1) is 11.6 Å². The number of aryl methyl sites for hydroxylation is 1. The highest BCUT2D eigenvalue weighted by Gasteiger charge is 2.47. The molecule has 1 unspecified atom stereocenters. The molecule has 232 valence electrons. The Morgan fingerprint density at radius 3 is 2.38 bits per heavy atom. The Morgan fingerprint density at radius 1 is 1.11 bits per heavy atom. The second-order valence-electron chi connectivity index (χ2n) is 12.4. The molecule has 3 aromatic rings. The molecule has 0 spiro atoms. The lowest BCUT2D eigenvalue weighted by molar-refractivity contribution is -0.0170. The molecule has 2 fully saturated rings. The summed E-state index contributed by atoms with van der Waals surface area (Å²) in [5.41, 5.74) is -1.80. The van der Waals surface area contributed by atoms with Gasteiger partial charge in [0.15, 0.2) is 17.5 Å². The SMILES string of the molecule is [B]C([B])(Oc1cc(F)c(Nc2ncc(F)c(NF)n2)cc1-n1nnn(C)c1=O)C(C)(C)O.[B]C1([B])CCC2CCCC(C)(C)N21. The van der Waals surface area contributed by atoms with Crippen LogP contribution in [0.4, 0.5) is 30.7 Å². The minimum Gasteiger partial charge on any atom is -0.502 e.